The summed E-state index contributed by atoms with van der Waals surface area (Å²) in [5, 5.41) is 14.2. The van der Waals surface area contributed by atoms with Gasteiger partial charge in [-0.25, -0.2) is 0 Å². The van der Waals surface area contributed by atoms with Crippen LogP contribution in [0.4, 0.5) is 11.5 Å². The van der Waals surface area contributed by atoms with Crippen LogP contribution in [0.25, 0.3) is 0 Å². The first-order chi connectivity index (χ1) is 11.0. The van der Waals surface area contributed by atoms with Crippen LogP contribution in [0.3, 0.4) is 0 Å². The largest absolute Gasteiger partial charge is 0.364 e. The minimum absolute atomic E-state index is 0.0316. The van der Waals surface area contributed by atoms with Crippen molar-refractivity contribution >= 4 is 11.5 Å². The minimum Gasteiger partial charge on any atom is -0.364 e. The average molecular weight is 313 g/mol. The van der Waals surface area contributed by atoms with E-state index < -0.39 is 4.92 Å². The van der Waals surface area contributed by atoms with Gasteiger partial charge in [0, 0.05) is 31.1 Å². The molecular formula is C17H19N3O3. The summed E-state index contributed by atoms with van der Waals surface area (Å²) < 4.78 is 1.47. The van der Waals surface area contributed by atoms with Gasteiger partial charge in [0.2, 0.25) is 0 Å². The van der Waals surface area contributed by atoms with Crippen molar-refractivity contribution < 1.29 is 4.92 Å². The van der Waals surface area contributed by atoms with Crippen LogP contribution in [0, 0.1) is 10.1 Å². The van der Waals surface area contributed by atoms with Gasteiger partial charge in [-0.3, -0.25) is 19.5 Å². The van der Waals surface area contributed by atoms with E-state index in [1.54, 1.807) is 0 Å². The predicted molar refractivity (Wildman–Crippen MR) is 89.2 cm³/mol. The number of hydrogen-bond donors (Lipinski definition) is 1. The fourth-order valence-electron chi connectivity index (χ4n) is 2.90. The van der Waals surface area contributed by atoms with E-state index in [0.29, 0.717) is 36.8 Å². The minimum atomic E-state index is -0.436. The van der Waals surface area contributed by atoms with E-state index in [-0.39, 0.29) is 11.2 Å². The Morgan fingerprint density at radius 3 is 2.61 bits per heavy atom. The molecule has 1 aliphatic heterocycles. The first-order valence-electron chi connectivity index (χ1n) is 7.71. The smallest absolute Gasteiger partial charge is 0.310 e. The summed E-state index contributed by atoms with van der Waals surface area (Å²) in [6.45, 7) is 5.26. The van der Waals surface area contributed by atoms with Gasteiger partial charge in [-0.2, -0.15) is 0 Å². The van der Waals surface area contributed by atoms with E-state index in [0.717, 1.165) is 5.56 Å². The second kappa shape index (κ2) is 5.87. The average Bonchev–Trinajstić information content (AvgIpc) is 3.00. The Balaban J connectivity index is 1.98. The number of hydrogen-bond acceptors (Lipinski definition) is 4. The molecule has 0 atom stereocenters. The van der Waals surface area contributed by atoms with Gasteiger partial charge < -0.3 is 5.32 Å². The SMILES string of the molecule is CC(C)c1ccc(Cc2cc([N+](=O)[O-])c3n(c2=O)CCN3)cc1. The van der Waals surface area contributed by atoms with Gasteiger partial charge in [-0.1, -0.05) is 38.1 Å². The third kappa shape index (κ3) is 2.84. The lowest BCUT2D eigenvalue weighted by molar-refractivity contribution is -0.384. The molecule has 0 spiro atoms. The number of nitrogens with one attached hydrogen (secondary N) is 1. The molecule has 23 heavy (non-hydrogen) atoms. The van der Waals surface area contributed by atoms with Crippen LogP contribution < -0.4 is 10.9 Å². The third-order valence-corrected chi connectivity index (χ3v) is 4.21. The Kier molecular flexibility index (Phi) is 3.90. The molecule has 1 aromatic heterocycles. The summed E-state index contributed by atoms with van der Waals surface area (Å²) in [7, 11) is 0. The van der Waals surface area contributed by atoms with Gasteiger partial charge >= 0.3 is 5.69 Å². The van der Waals surface area contributed by atoms with Crippen LogP contribution in [0.2, 0.25) is 0 Å². The molecule has 0 bridgehead atoms. The van der Waals surface area contributed by atoms with Crippen molar-refractivity contribution in [3.8, 4) is 0 Å². The maximum atomic E-state index is 12.5. The molecular weight excluding hydrogens is 294 g/mol. The van der Waals surface area contributed by atoms with Gasteiger partial charge in [0.1, 0.15) is 0 Å². The zero-order valence-corrected chi connectivity index (χ0v) is 13.2. The molecule has 0 saturated carbocycles. The van der Waals surface area contributed by atoms with Crippen LogP contribution >= 0.6 is 0 Å². The quantitative estimate of drug-likeness (QED) is 0.695. The summed E-state index contributed by atoms with van der Waals surface area (Å²) in [6.07, 6.45) is 0.401. The number of pyridine rings is 1. The number of aromatic nitrogens is 1. The van der Waals surface area contributed by atoms with Crippen LogP contribution in [0.5, 0.6) is 0 Å². The molecule has 2 heterocycles. The number of anilines is 1. The van der Waals surface area contributed by atoms with Crippen LogP contribution in [0.1, 0.15) is 36.5 Å². The lowest BCUT2D eigenvalue weighted by atomic mass is 9.99. The third-order valence-electron chi connectivity index (χ3n) is 4.21. The summed E-state index contributed by atoms with van der Waals surface area (Å²) in [6, 6.07) is 9.46. The van der Waals surface area contributed by atoms with Crippen LogP contribution in [-0.2, 0) is 13.0 Å². The lowest BCUT2D eigenvalue weighted by Crippen LogP contribution is -2.23. The normalized spacial score (nSPS) is 13.0. The Bertz CT molecular complexity index is 807. The topological polar surface area (TPSA) is 77.2 Å². The number of benzene rings is 1. The molecule has 2 aromatic rings. The molecule has 0 aliphatic carbocycles. The molecule has 1 aromatic carbocycles. The van der Waals surface area contributed by atoms with Crippen LogP contribution in [0.15, 0.2) is 35.1 Å². The molecule has 0 unspecified atom stereocenters. The lowest BCUT2D eigenvalue weighted by Gasteiger charge is -2.09. The number of nitro groups is 1. The Hall–Kier alpha value is -2.63. The molecule has 0 amide bonds. The predicted octanol–water partition coefficient (Wildman–Crippen LogP) is 2.90. The molecule has 6 heteroatoms. The van der Waals surface area contributed by atoms with Gasteiger partial charge in [0.15, 0.2) is 5.82 Å². The van der Waals surface area contributed by atoms with Crippen molar-refractivity contribution in [2.75, 3.05) is 11.9 Å². The molecule has 0 saturated heterocycles. The number of fused-ring (bicyclic) bond motifs is 1. The van der Waals surface area contributed by atoms with Gasteiger partial charge in [0.25, 0.3) is 5.56 Å². The van der Waals surface area contributed by atoms with Crippen molar-refractivity contribution in [3.05, 3.63) is 67.5 Å². The van der Waals surface area contributed by atoms with Gasteiger partial charge in [-0.15, -0.1) is 0 Å². The van der Waals surface area contributed by atoms with Crippen molar-refractivity contribution in [1.82, 2.24) is 4.57 Å². The molecule has 0 radical (unpaired) electrons. The highest BCUT2D eigenvalue weighted by molar-refractivity contribution is 5.59. The maximum absolute atomic E-state index is 12.5. The zero-order valence-electron chi connectivity index (χ0n) is 13.2. The van der Waals surface area contributed by atoms with Crippen molar-refractivity contribution in [1.29, 1.82) is 0 Å². The van der Waals surface area contributed by atoms with E-state index in [2.05, 4.69) is 19.2 Å². The standard InChI is InChI=1S/C17H19N3O3/c1-11(2)13-5-3-12(4-6-13)9-14-10-15(20(22)23)16-18-7-8-19(16)17(14)21/h3-6,10-11,18H,7-9H2,1-2H3. The first kappa shape index (κ1) is 15.3. The first-order valence-corrected chi connectivity index (χ1v) is 7.71. The maximum Gasteiger partial charge on any atom is 0.310 e. The van der Waals surface area contributed by atoms with Crippen molar-refractivity contribution in [3.63, 3.8) is 0 Å². The molecule has 3 rings (SSSR count). The fraction of sp³-hybridized carbons (Fsp3) is 0.353. The highest BCUT2D eigenvalue weighted by atomic mass is 16.6. The fourth-order valence-corrected chi connectivity index (χ4v) is 2.90. The van der Waals surface area contributed by atoms with E-state index in [1.807, 2.05) is 24.3 Å². The van der Waals surface area contributed by atoms with E-state index in [1.165, 1.54) is 16.2 Å². The summed E-state index contributed by atoms with van der Waals surface area (Å²) in [5.41, 5.74) is 2.49. The summed E-state index contributed by atoms with van der Waals surface area (Å²) in [4.78, 5) is 23.3. The molecule has 1 N–H and O–H groups in total. The summed E-state index contributed by atoms with van der Waals surface area (Å²) in [5.74, 6) is 0.765. The number of rotatable bonds is 4. The highest BCUT2D eigenvalue weighted by Crippen LogP contribution is 2.27. The van der Waals surface area contributed by atoms with Gasteiger partial charge in [-0.05, 0) is 17.0 Å². The monoisotopic (exact) mass is 313 g/mol. The van der Waals surface area contributed by atoms with Crippen molar-refractivity contribution in [2.24, 2.45) is 0 Å². The molecule has 6 nitrogen and oxygen atoms in total. The van der Waals surface area contributed by atoms with E-state index in [4.69, 9.17) is 0 Å². The Morgan fingerprint density at radius 2 is 2.00 bits per heavy atom. The second-order valence-electron chi connectivity index (χ2n) is 6.12. The van der Waals surface area contributed by atoms with E-state index in [9.17, 15) is 14.9 Å². The summed E-state index contributed by atoms with van der Waals surface area (Å²) >= 11 is 0. The van der Waals surface area contributed by atoms with Gasteiger partial charge in [0.05, 0.1) is 4.92 Å². The van der Waals surface area contributed by atoms with Crippen molar-refractivity contribution in [2.45, 2.75) is 32.7 Å². The Labute approximate surface area is 133 Å². The molecule has 120 valence electrons. The van der Waals surface area contributed by atoms with E-state index >= 15 is 0 Å². The Morgan fingerprint density at radius 1 is 1.30 bits per heavy atom. The second-order valence-corrected chi connectivity index (χ2v) is 6.12. The molecule has 1 aliphatic rings. The molecule has 0 fully saturated rings. The van der Waals surface area contributed by atoms with Crippen LogP contribution in [-0.4, -0.2) is 16.0 Å². The highest BCUT2D eigenvalue weighted by Gasteiger charge is 2.25. The number of nitrogens with zero attached hydrogens (tertiary/aromatic N) is 2. The zero-order chi connectivity index (χ0) is 16.6.